The lowest BCUT2D eigenvalue weighted by Crippen LogP contribution is -2.25. The SMILES string of the molecule is O=C1COc2ccc(C3=Cn4cc(C(=O)O)nc4SC3c3ccccc3)cc2N1. The zero-order chi connectivity index (χ0) is 20.0. The first-order chi connectivity index (χ1) is 14.1. The van der Waals surface area contributed by atoms with Crippen LogP contribution in [-0.2, 0) is 4.79 Å². The van der Waals surface area contributed by atoms with Crippen LogP contribution in [0.25, 0.3) is 11.8 Å². The molecule has 2 aliphatic rings. The van der Waals surface area contributed by atoms with Gasteiger partial charge in [0.15, 0.2) is 17.5 Å². The monoisotopic (exact) mass is 405 g/mol. The number of ether oxygens (including phenoxy) is 1. The number of carbonyl (C=O) groups is 2. The highest BCUT2D eigenvalue weighted by Gasteiger charge is 2.28. The van der Waals surface area contributed by atoms with Gasteiger partial charge >= 0.3 is 5.97 Å². The number of hydrogen-bond donors (Lipinski definition) is 2. The topological polar surface area (TPSA) is 93.5 Å². The molecule has 144 valence electrons. The fourth-order valence-electron chi connectivity index (χ4n) is 3.41. The van der Waals surface area contributed by atoms with Crippen molar-refractivity contribution in [3.05, 3.63) is 71.5 Å². The van der Waals surface area contributed by atoms with Gasteiger partial charge in [0.25, 0.3) is 5.91 Å². The van der Waals surface area contributed by atoms with Crippen molar-refractivity contribution in [3.8, 4) is 5.75 Å². The Bertz CT molecular complexity index is 1170. The average Bonchev–Trinajstić information content (AvgIpc) is 3.16. The van der Waals surface area contributed by atoms with Gasteiger partial charge in [0, 0.05) is 12.4 Å². The maximum Gasteiger partial charge on any atom is 0.356 e. The van der Waals surface area contributed by atoms with Crippen LogP contribution in [-0.4, -0.2) is 33.1 Å². The van der Waals surface area contributed by atoms with E-state index in [1.807, 2.05) is 54.7 Å². The highest BCUT2D eigenvalue weighted by molar-refractivity contribution is 7.99. The molecule has 5 rings (SSSR count). The molecule has 0 bridgehead atoms. The number of aromatic carboxylic acids is 1. The Morgan fingerprint density at radius 1 is 1.24 bits per heavy atom. The number of nitrogens with one attached hydrogen (secondary N) is 1. The number of carbonyl (C=O) groups excluding carboxylic acids is 1. The van der Waals surface area contributed by atoms with E-state index in [4.69, 9.17) is 4.74 Å². The van der Waals surface area contributed by atoms with Crippen LogP contribution in [0.15, 0.2) is 59.9 Å². The van der Waals surface area contributed by atoms with Gasteiger partial charge in [0.05, 0.1) is 10.9 Å². The zero-order valence-corrected chi connectivity index (χ0v) is 15.8. The minimum absolute atomic E-state index is 0.00270. The summed E-state index contributed by atoms with van der Waals surface area (Å²) in [7, 11) is 0. The van der Waals surface area contributed by atoms with E-state index < -0.39 is 5.97 Å². The third-order valence-corrected chi connectivity index (χ3v) is 6.02. The summed E-state index contributed by atoms with van der Waals surface area (Å²) in [6.07, 6.45) is 3.41. The van der Waals surface area contributed by atoms with Crippen molar-refractivity contribution in [2.24, 2.45) is 0 Å². The van der Waals surface area contributed by atoms with Crippen molar-refractivity contribution >= 4 is 41.1 Å². The third-order valence-electron chi connectivity index (χ3n) is 4.75. The molecule has 1 unspecified atom stereocenters. The Hall–Kier alpha value is -3.52. The largest absolute Gasteiger partial charge is 0.482 e. The summed E-state index contributed by atoms with van der Waals surface area (Å²) in [6.45, 7) is 0.00783. The molecule has 8 heteroatoms. The summed E-state index contributed by atoms with van der Waals surface area (Å²) in [5.41, 5.74) is 3.59. The Morgan fingerprint density at radius 3 is 2.86 bits per heavy atom. The summed E-state index contributed by atoms with van der Waals surface area (Å²) >= 11 is 1.49. The first kappa shape index (κ1) is 17.6. The predicted molar refractivity (Wildman–Crippen MR) is 109 cm³/mol. The maximum atomic E-state index is 11.7. The van der Waals surface area contributed by atoms with Crippen molar-refractivity contribution in [3.63, 3.8) is 0 Å². The normalized spacial score (nSPS) is 17.4. The van der Waals surface area contributed by atoms with Gasteiger partial charge in [-0.15, -0.1) is 0 Å². The Morgan fingerprint density at radius 2 is 2.07 bits per heavy atom. The Labute approximate surface area is 170 Å². The second-order valence-electron chi connectivity index (χ2n) is 6.66. The van der Waals surface area contributed by atoms with E-state index in [9.17, 15) is 14.7 Å². The first-order valence-electron chi connectivity index (χ1n) is 8.91. The summed E-state index contributed by atoms with van der Waals surface area (Å²) in [6, 6.07) is 15.6. The van der Waals surface area contributed by atoms with Crippen molar-refractivity contribution < 1.29 is 19.4 Å². The molecule has 0 radical (unpaired) electrons. The molecule has 3 heterocycles. The van der Waals surface area contributed by atoms with Crippen LogP contribution in [0, 0.1) is 0 Å². The predicted octanol–water partition coefficient (Wildman–Crippen LogP) is 3.76. The van der Waals surface area contributed by atoms with E-state index in [2.05, 4.69) is 10.3 Å². The molecule has 0 fully saturated rings. The number of hydrogen-bond acceptors (Lipinski definition) is 5. The third kappa shape index (κ3) is 3.17. The number of carboxylic acids is 1. The Kier molecular flexibility index (Phi) is 4.13. The minimum atomic E-state index is -1.06. The summed E-state index contributed by atoms with van der Waals surface area (Å²) in [4.78, 5) is 27.3. The van der Waals surface area contributed by atoms with Gasteiger partial charge in [0.2, 0.25) is 0 Å². The van der Waals surface area contributed by atoms with Gasteiger partial charge < -0.3 is 19.7 Å². The van der Waals surface area contributed by atoms with E-state index in [1.165, 1.54) is 18.0 Å². The lowest BCUT2D eigenvalue weighted by atomic mass is 9.97. The molecule has 7 nitrogen and oxygen atoms in total. The van der Waals surface area contributed by atoms with Gasteiger partial charge in [0.1, 0.15) is 5.75 Å². The molecule has 1 aromatic heterocycles. The fourth-order valence-corrected chi connectivity index (χ4v) is 4.62. The van der Waals surface area contributed by atoms with Crippen molar-refractivity contribution in [2.45, 2.75) is 10.4 Å². The lowest BCUT2D eigenvalue weighted by molar-refractivity contribution is -0.118. The van der Waals surface area contributed by atoms with Gasteiger partial charge in [-0.2, -0.15) is 0 Å². The molecule has 0 spiro atoms. The smallest absolute Gasteiger partial charge is 0.356 e. The van der Waals surface area contributed by atoms with E-state index in [0.717, 1.165) is 16.7 Å². The molecule has 3 aromatic rings. The molecule has 2 N–H and O–H groups in total. The van der Waals surface area contributed by atoms with Crippen LogP contribution in [0.2, 0.25) is 0 Å². The second-order valence-corrected chi connectivity index (χ2v) is 7.73. The minimum Gasteiger partial charge on any atom is -0.482 e. The second kappa shape index (κ2) is 6.82. The molecule has 0 saturated carbocycles. The number of thioether (sulfide) groups is 1. The lowest BCUT2D eigenvalue weighted by Gasteiger charge is -2.26. The quantitative estimate of drug-likeness (QED) is 0.689. The van der Waals surface area contributed by atoms with E-state index in [0.29, 0.717) is 16.6 Å². The number of rotatable bonds is 3. The number of imidazole rings is 1. The van der Waals surface area contributed by atoms with Gasteiger partial charge in [-0.05, 0) is 28.8 Å². The van der Waals surface area contributed by atoms with E-state index in [1.54, 1.807) is 4.57 Å². The van der Waals surface area contributed by atoms with Crippen LogP contribution in [0.4, 0.5) is 5.69 Å². The molecular weight excluding hydrogens is 390 g/mol. The van der Waals surface area contributed by atoms with Crippen LogP contribution in [0.5, 0.6) is 5.75 Å². The molecule has 1 amide bonds. The van der Waals surface area contributed by atoms with E-state index >= 15 is 0 Å². The van der Waals surface area contributed by atoms with Crippen molar-refractivity contribution in [1.82, 2.24) is 9.55 Å². The van der Waals surface area contributed by atoms with Crippen LogP contribution < -0.4 is 10.1 Å². The van der Waals surface area contributed by atoms with Gasteiger partial charge in [-0.1, -0.05) is 48.2 Å². The van der Waals surface area contributed by atoms with Crippen molar-refractivity contribution in [2.75, 3.05) is 11.9 Å². The molecule has 29 heavy (non-hydrogen) atoms. The number of aromatic nitrogens is 2. The maximum absolute atomic E-state index is 11.7. The number of fused-ring (bicyclic) bond motifs is 2. The average molecular weight is 405 g/mol. The van der Waals surface area contributed by atoms with Crippen LogP contribution >= 0.6 is 11.8 Å². The molecule has 2 aromatic carbocycles. The number of anilines is 1. The molecule has 2 aliphatic heterocycles. The van der Waals surface area contributed by atoms with Crippen LogP contribution in [0.3, 0.4) is 0 Å². The number of benzene rings is 2. The van der Waals surface area contributed by atoms with Gasteiger partial charge in [-0.25, -0.2) is 9.78 Å². The standard InChI is InChI=1S/C21H15N3O4S/c25-18-11-28-17-7-6-13(8-15(17)22-18)14-9-24-10-16(20(26)27)23-21(24)29-19(14)12-4-2-1-3-5-12/h1-10,19H,11H2,(H,22,25)(H,26,27). The van der Waals surface area contributed by atoms with Crippen LogP contribution in [0.1, 0.15) is 26.9 Å². The number of carboxylic acid groups (broad SMARTS) is 1. The molecule has 0 saturated heterocycles. The molecule has 1 atom stereocenters. The first-order valence-corrected chi connectivity index (χ1v) is 9.79. The Balaban J connectivity index is 1.64. The highest BCUT2D eigenvalue weighted by atomic mass is 32.2. The summed E-state index contributed by atoms with van der Waals surface area (Å²) in [5.74, 6) is -0.623. The number of amides is 1. The summed E-state index contributed by atoms with van der Waals surface area (Å²) in [5, 5.41) is 12.7. The van der Waals surface area contributed by atoms with E-state index in [-0.39, 0.29) is 23.5 Å². The number of nitrogens with zero attached hydrogens (tertiary/aromatic N) is 2. The van der Waals surface area contributed by atoms with Gasteiger partial charge in [-0.3, -0.25) is 4.79 Å². The molecular formula is C21H15N3O4S. The van der Waals surface area contributed by atoms with Crippen molar-refractivity contribution in [1.29, 1.82) is 0 Å². The fraction of sp³-hybridized carbons (Fsp3) is 0.0952. The zero-order valence-electron chi connectivity index (χ0n) is 15.0. The molecule has 0 aliphatic carbocycles. The summed E-state index contributed by atoms with van der Waals surface area (Å²) < 4.78 is 7.19. The highest BCUT2D eigenvalue weighted by Crippen LogP contribution is 2.48.